The standard InChI is InChI=1S/C25H24N2O3/c28-21(18-27-24(29)22-13-7-8-14-23(22)25(27)30)17-26(15-19-9-3-1-4-10-19)16-20-11-5-2-6-12-20/h1-14,21,28H,15-18H2/t21-/m0/s1. The van der Waals surface area contributed by atoms with E-state index in [0.717, 1.165) is 16.0 Å². The number of hydrogen-bond acceptors (Lipinski definition) is 4. The molecule has 0 bridgehead atoms. The second-order valence-electron chi connectivity index (χ2n) is 7.56. The molecule has 1 aliphatic rings. The van der Waals surface area contributed by atoms with Crippen molar-refractivity contribution in [2.45, 2.75) is 19.2 Å². The summed E-state index contributed by atoms with van der Waals surface area (Å²) in [7, 11) is 0. The van der Waals surface area contributed by atoms with Crippen LogP contribution in [0.15, 0.2) is 84.9 Å². The summed E-state index contributed by atoms with van der Waals surface area (Å²) in [6.45, 7) is 1.65. The predicted octanol–water partition coefficient (Wildman–Crippen LogP) is 3.35. The van der Waals surface area contributed by atoms with Crippen LogP contribution >= 0.6 is 0 Å². The molecule has 4 rings (SSSR count). The number of benzene rings is 3. The van der Waals surface area contributed by atoms with Gasteiger partial charge in [0.25, 0.3) is 11.8 Å². The second kappa shape index (κ2) is 9.03. The third kappa shape index (κ3) is 4.48. The third-order valence-electron chi connectivity index (χ3n) is 5.24. The molecular weight excluding hydrogens is 376 g/mol. The summed E-state index contributed by atoms with van der Waals surface area (Å²) < 4.78 is 0. The number of carbonyl (C=O) groups excluding carboxylic acids is 2. The number of aliphatic hydroxyl groups excluding tert-OH is 1. The van der Waals surface area contributed by atoms with Crippen molar-refractivity contribution in [3.63, 3.8) is 0 Å². The van der Waals surface area contributed by atoms with E-state index in [0.29, 0.717) is 30.8 Å². The minimum atomic E-state index is -0.848. The van der Waals surface area contributed by atoms with Gasteiger partial charge in [-0.25, -0.2) is 0 Å². The maximum atomic E-state index is 12.6. The Morgan fingerprint density at radius 3 is 1.60 bits per heavy atom. The maximum absolute atomic E-state index is 12.6. The molecule has 0 saturated carbocycles. The molecule has 0 spiro atoms. The van der Waals surface area contributed by atoms with E-state index >= 15 is 0 Å². The molecule has 0 aliphatic carbocycles. The Labute approximate surface area is 176 Å². The van der Waals surface area contributed by atoms with Gasteiger partial charge < -0.3 is 5.11 Å². The van der Waals surface area contributed by atoms with Gasteiger partial charge in [-0.2, -0.15) is 0 Å². The van der Waals surface area contributed by atoms with Gasteiger partial charge in [0, 0.05) is 19.6 Å². The normalized spacial score (nSPS) is 14.3. The Hall–Kier alpha value is -3.28. The van der Waals surface area contributed by atoms with Crippen LogP contribution in [0.3, 0.4) is 0 Å². The van der Waals surface area contributed by atoms with Crippen molar-refractivity contribution in [2.75, 3.05) is 13.1 Å². The molecule has 30 heavy (non-hydrogen) atoms. The van der Waals surface area contributed by atoms with Gasteiger partial charge in [0.05, 0.1) is 23.8 Å². The SMILES string of the molecule is O=C1c2ccccc2C(=O)N1C[C@@H](O)CN(Cc1ccccc1)Cc1ccccc1. The quantitative estimate of drug-likeness (QED) is 0.589. The highest BCUT2D eigenvalue weighted by molar-refractivity contribution is 6.21. The van der Waals surface area contributed by atoms with Crippen LogP contribution in [0.4, 0.5) is 0 Å². The molecule has 0 fully saturated rings. The smallest absolute Gasteiger partial charge is 0.261 e. The van der Waals surface area contributed by atoms with Gasteiger partial charge in [0.1, 0.15) is 0 Å². The first-order valence-corrected chi connectivity index (χ1v) is 10.1. The summed E-state index contributed by atoms with van der Waals surface area (Å²) in [6, 6.07) is 26.9. The first kappa shape index (κ1) is 20.0. The number of amides is 2. The average Bonchev–Trinajstić information content (AvgIpc) is 3.00. The van der Waals surface area contributed by atoms with Gasteiger partial charge in [0.15, 0.2) is 0 Å². The fourth-order valence-corrected chi connectivity index (χ4v) is 3.84. The Kier molecular flexibility index (Phi) is 6.02. The van der Waals surface area contributed by atoms with Crippen molar-refractivity contribution in [3.8, 4) is 0 Å². The number of hydrogen-bond donors (Lipinski definition) is 1. The highest BCUT2D eigenvalue weighted by Crippen LogP contribution is 2.22. The van der Waals surface area contributed by atoms with E-state index in [4.69, 9.17) is 0 Å². The number of rotatable bonds is 8. The summed E-state index contributed by atoms with van der Waals surface area (Å²) in [5, 5.41) is 10.8. The van der Waals surface area contributed by atoms with Gasteiger partial charge >= 0.3 is 0 Å². The van der Waals surface area contributed by atoms with E-state index in [1.54, 1.807) is 24.3 Å². The summed E-state index contributed by atoms with van der Waals surface area (Å²) in [4.78, 5) is 28.5. The van der Waals surface area contributed by atoms with Crippen LogP contribution in [0, 0.1) is 0 Å². The molecule has 152 valence electrons. The molecule has 5 nitrogen and oxygen atoms in total. The van der Waals surface area contributed by atoms with Gasteiger partial charge in [-0.05, 0) is 23.3 Å². The minimum Gasteiger partial charge on any atom is -0.390 e. The third-order valence-corrected chi connectivity index (χ3v) is 5.24. The molecule has 3 aromatic rings. The fourth-order valence-electron chi connectivity index (χ4n) is 3.84. The Bertz CT molecular complexity index is 944. The molecule has 1 N–H and O–H groups in total. The van der Waals surface area contributed by atoms with Crippen molar-refractivity contribution >= 4 is 11.8 Å². The van der Waals surface area contributed by atoms with Crippen LogP contribution < -0.4 is 0 Å². The van der Waals surface area contributed by atoms with Crippen molar-refractivity contribution in [1.29, 1.82) is 0 Å². The van der Waals surface area contributed by atoms with Crippen molar-refractivity contribution < 1.29 is 14.7 Å². The molecular formula is C25H24N2O3. The van der Waals surface area contributed by atoms with E-state index in [1.807, 2.05) is 36.4 Å². The topological polar surface area (TPSA) is 60.9 Å². The molecule has 3 aromatic carbocycles. The van der Waals surface area contributed by atoms with Gasteiger partial charge in [-0.3, -0.25) is 19.4 Å². The monoisotopic (exact) mass is 400 g/mol. The average molecular weight is 400 g/mol. The van der Waals surface area contributed by atoms with E-state index < -0.39 is 6.10 Å². The van der Waals surface area contributed by atoms with Crippen molar-refractivity contribution in [2.24, 2.45) is 0 Å². The van der Waals surface area contributed by atoms with Gasteiger partial charge in [0.2, 0.25) is 0 Å². The zero-order valence-corrected chi connectivity index (χ0v) is 16.6. The lowest BCUT2D eigenvalue weighted by Crippen LogP contribution is -2.42. The molecule has 5 heteroatoms. The number of aliphatic hydroxyl groups is 1. The Balaban J connectivity index is 1.45. The molecule has 1 heterocycles. The number of imide groups is 1. The molecule has 1 atom stereocenters. The fraction of sp³-hybridized carbons (Fsp3) is 0.200. The van der Waals surface area contributed by atoms with Crippen LogP contribution in [0.5, 0.6) is 0 Å². The first-order chi connectivity index (χ1) is 14.6. The van der Waals surface area contributed by atoms with Crippen LogP contribution in [0.2, 0.25) is 0 Å². The molecule has 0 aromatic heterocycles. The first-order valence-electron chi connectivity index (χ1n) is 10.1. The predicted molar refractivity (Wildman–Crippen MR) is 115 cm³/mol. The molecule has 2 amide bonds. The zero-order chi connectivity index (χ0) is 20.9. The van der Waals surface area contributed by atoms with E-state index in [9.17, 15) is 14.7 Å². The van der Waals surface area contributed by atoms with Crippen LogP contribution in [0.1, 0.15) is 31.8 Å². The number of nitrogens with zero attached hydrogens (tertiary/aromatic N) is 2. The van der Waals surface area contributed by atoms with E-state index in [2.05, 4.69) is 29.2 Å². The van der Waals surface area contributed by atoms with Crippen LogP contribution in [-0.2, 0) is 13.1 Å². The molecule has 0 radical (unpaired) electrons. The lowest BCUT2D eigenvalue weighted by atomic mass is 10.1. The minimum absolute atomic E-state index is 0.0214. The molecule has 0 saturated heterocycles. The highest BCUT2D eigenvalue weighted by Gasteiger charge is 2.36. The van der Waals surface area contributed by atoms with Crippen LogP contribution in [0.25, 0.3) is 0 Å². The number of β-amino-alcohol motifs (C(OH)–C–C–N with tert-alkyl or cyclic N) is 1. The molecule has 0 unspecified atom stereocenters. The lowest BCUT2D eigenvalue weighted by molar-refractivity contribution is 0.0458. The van der Waals surface area contributed by atoms with Gasteiger partial charge in [-0.15, -0.1) is 0 Å². The summed E-state index contributed by atoms with van der Waals surface area (Å²) in [5.41, 5.74) is 3.09. The van der Waals surface area contributed by atoms with Crippen molar-refractivity contribution in [1.82, 2.24) is 9.80 Å². The number of carbonyl (C=O) groups is 2. The van der Waals surface area contributed by atoms with E-state index in [-0.39, 0.29) is 18.4 Å². The summed E-state index contributed by atoms with van der Waals surface area (Å²) in [6.07, 6.45) is -0.848. The van der Waals surface area contributed by atoms with Crippen LogP contribution in [-0.4, -0.2) is 45.9 Å². The Morgan fingerprint density at radius 2 is 1.13 bits per heavy atom. The Morgan fingerprint density at radius 1 is 0.700 bits per heavy atom. The maximum Gasteiger partial charge on any atom is 0.261 e. The van der Waals surface area contributed by atoms with Gasteiger partial charge in [-0.1, -0.05) is 72.8 Å². The zero-order valence-electron chi connectivity index (χ0n) is 16.6. The highest BCUT2D eigenvalue weighted by atomic mass is 16.3. The lowest BCUT2D eigenvalue weighted by Gasteiger charge is -2.27. The number of fused-ring (bicyclic) bond motifs is 1. The van der Waals surface area contributed by atoms with E-state index in [1.165, 1.54) is 0 Å². The molecule has 1 aliphatic heterocycles. The summed E-state index contributed by atoms with van der Waals surface area (Å²) in [5.74, 6) is -0.681. The van der Waals surface area contributed by atoms with Crippen molar-refractivity contribution in [3.05, 3.63) is 107 Å². The second-order valence-corrected chi connectivity index (χ2v) is 7.56. The summed E-state index contributed by atoms with van der Waals surface area (Å²) >= 11 is 0. The largest absolute Gasteiger partial charge is 0.390 e.